The first-order chi connectivity index (χ1) is 16.0. The van der Waals surface area contributed by atoms with Crippen LogP contribution in [0.5, 0.6) is 0 Å². The minimum Gasteiger partial charge on any atom is -0.481 e. The van der Waals surface area contributed by atoms with Crippen LogP contribution in [0, 0.1) is 0 Å². The van der Waals surface area contributed by atoms with Gasteiger partial charge in [0.1, 0.15) is 5.82 Å². The summed E-state index contributed by atoms with van der Waals surface area (Å²) in [6, 6.07) is 13.8. The first kappa shape index (κ1) is 21.5. The van der Waals surface area contributed by atoms with Crippen LogP contribution >= 0.6 is 0 Å². The Morgan fingerprint density at radius 3 is 2.55 bits per heavy atom. The van der Waals surface area contributed by atoms with E-state index < -0.39 is 11.9 Å². The number of fused-ring (bicyclic) bond motifs is 3. The van der Waals surface area contributed by atoms with Gasteiger partial charge in [-0.1, -0.05) is 30.3 Å². The fourth-order valence-electron chi connectivity index (χ4n) is 5.23. The number of carboxylic acid groups (broad SMARTS) is 1. The van der Waals surface area contributed by atoms with Crippen molar-refractivity contribution in [3.63, 3.8) is 0 Å². The van der Waals surface area contributed by atoms with Crippen molar-refractivity contribution in [1.82, 2.24) is 9.55 Å². The number of imidazole rings is 1. The molecule has 1 amide bonds. The number of aryl methyl sites for hydroxylation is 1. The molecule has 33 heavy (non-hydrogen) atoms. The molecule has 0 radical (unpaired) electrons. The van der Waals surface area contributed by atoms with Gasteiger partial charge in [0.05, 0.1) is 29.7 Å². The third-order valence-electron chi connectivity index (χ3n) is 7.23. The maximum absolute atomic E-state index is 12.5. The molecule has 1 fully saturated rings. The van der Waals surface area contributed by atoms with Crippen LogP contribution < -0.4 is 4.90 Å². The number of aliphatic carboxylic acids is 1. The van der Waals surface area contributed by atoms with E-state index in [9.17, 15) is 14.7 Å². The van der Waals surface area contributed by atoms with Gasteiger partial charge < -0.3 is 14.4 Å². The molecule has 1 saturated carbocycles. The van der Waals surface area contributed by atoms with Crippen molar-refractivity contribution in [1.29, 1.82) is 0 Å². The van der Waals surface area contributed by atoms with E-state index in [1.807, 2.05) is 49.4 Å². The molecule has 2 aromatic carbocycles. The Hall–Kier alpha value is -3.35. The normalized spacial score (nSPS) is 19.1. The molecular weight excluding hydrogens is 418 g/mol. The van der Waals surface area contributed by atoms with E-state index in [0.29, 0.717) is 12.5 Å². The molecule has 172 valence electrons. The molecule has 2 unspecified atom stereocenters. The smallest absolute Gasteiger partial charge is 0.414 e. The van der Waals surface area contributed by atoms with Gasteiger partial charge in [-0.05, 0) is 56.7 Å². The first-order valence-corrected chi connectivity index (χ1v) is 11.7. The largest absolute Gasteiger partial charge is 0.481 e. The van der Waals surface area contributed by atoms with Crippen molar-refractivity contribution in [2.24, 2.45) is 0 Å². The van der Waals surface area contributed by atoms with Crippen LogP contribution in [-0.4, -0.2) is 39.9 Å². The first-order valence-electron chi connectivity index (χ1n) is 11.7. The number of benzene rings is 2. The van der Waals surface area contributed by atoms with Crippen molar-refractivity contribution >= 4 is 28.8 Å². The average Bonchev–Trinajstić information content (AvgIpc) is 3.14. The Balaban J connectivity index is 1.63. The molecule has 0 spiro atoms. The molecule has 7 nitrogen and oxygen atoms in total. The molecule has 2 heterocycles. The summed E-state index contributed by atoms with van der Waals surface area (Å²) in [5.41, 5.74) is 4.58. The maximum Gasteiger partial charge on any atom is 0.414 e. The Kier molecular flexibility index (Phi) is 5.56. The lowest BCUT2D eigenvalue weighted by Gasteiger charge is -2.34. The van der Waals surface area contributed by atoms with E-state index >= 15 is 0 Å². The second-order valence-corrected chi connectivity index (χ2v) is 9.15. The molecule has 0 saturated heterocycles. The van der Waals surface area contributed by atoms with E-state index in [4.69, 9.17) is 9.72 Å². The molecule has 1 aromatic heterocycles. The molecule has 2 aliphatic rings. The molecule has 1 N–H and O–H groups in total. The van der Waals surface area contributed by atoms with E-state index in [-0.39, 0.29) is 12.1 Å². The van der Waals surface area contributed by atoms with Crippen molar-refractivity contribution in [2.75, 3.05) is 12.0 Å². The van der Waals surface area contributed by atoms with Crippen LogP contribution in [0.15, 0.2) is 42.5 Å². The number of ether oxygens (including phenoxy) is 1. The summed E-state index contributed by atoms with van der Waals surface area (Å²) in [5, 5.41) is 10.0. The highest BCUT2D eigenvalue weighted by Gasteiger charge is 2.34. The van der Waals surface area contributed by atoms with Gasteiger partial charge in [-0.2, -0.15) is 0 Å². The Bertz CT molecular complexity index is 1200. The highest BCUT2D eigenvalue weighted by atomic mass is 16.5. The number of aromatic nitrogens is 2. The number of carbonyl (C=O) groups excluding carboxylic acids is 1. The van der Waals surface area contributed by atoms with Crippen molar-refractivity contribution in [3.8, 4) is 0 Å². The number of amides is 1. The van der Waals surface area contributed by atoms with E-state index in [0.717, 1.165) is 59.4 Å². The Labute approximate surface area is 193 Å². The molecule has 7 heteroatoms. The number of carboxylic acids is 1. The fraction of sp³-hybridized carbons (Fsp3) is 0.423. The molecule has 2 atom stereocenters. The lowest BCUT2D eigenvalue weighted by atomic mass is 9.91. The predicted molar refractivity (Wildman–Crippen MR) is 126 cm³/mol. The molecule has 3 aromatic rings. The summed E-state index contributed by atoms with van der Waals surface area (Å²) in [4.78, 5) is 31.5. The zero-order chi connectivity index (χ0) is 23.1. The lowest BCUT2D eigenvalue weighted by Crippen LogP contribution is -2.42. The number of nitrogens with zero attached hydrogens (tertiary/aromatic N) is 3. The van der Waals surface area contributed by atoms with Gasteiger partial charge in [0, 0.05) is 24.1 Å². The fourth-order valence-corrected chi connectivity index (χ4v) is 5.23. The standard InChI is InChI=1S/C26H29N3O4/c1-16-11-12-19-21(28(16)26(32)33-2)13-14-22-24(19)27-23(29(22)18-9-6-10-18)15-20(25(30)31)17-7-4-3-5-8-17/h3-5,7-8,13-14,16,18,20H,6,9-12,15H2,1-2H3,(H,30,31). The summed E-state index contributed by atoms with van der Waals surface area (Å²) in [7, 11) is 1.40. The Morgan fingerprint density at radius 1 is 1.15 bits per heavy atom. The SMILES string of the molecule is COC(=O)N1c2ccc3c(nc(CC(C(=O)O)c4ccccc4)n3C3CCC3)c2CCC1C. The van der Waals surface area contributed by atoms with Crippen LogP contribution in [0.25, 0.3) is 11.0 Å². The van der Waals surface area contributed by atoms with Crippen molar-refractivity contribution < 1.29 is 19.4 Å². The second-order valence-electron chi connectivity index (χ2n) is 9.15. The third-order valence-corrected chi connectivity index (χ3v) is 7.23. The van der Waals surface area contributed by atoms with Crippen molar-refractivity contribution in [3.05, 3.63) is 59.4 Å². The predicted octanol–water partition coefficient (Wildman–Crippen LogP) is 5.08. The zero-order valence-electron chi connectivity index (χ0n) is 19.0. The van der Waals surface area contributed by atoms with Gasteiger partial charge in [-0.15, -0.1) is 0 Å². The highest BCUT2D eigenvalue weighted by molar-refractivity contribution is 5.95. The van der Waals surface area contributed by atoms with Crippen LogP contribution in [0.4, 0.5) is 10.5 Å². The summed E-state index contributed by atoms with van der Waals surface area (Å²) in [6.07, 6.45) is 4.93. The monoisotopic (exact) mass is 447 g/mol. The number of hydrogen-bond acceptors (Lipinski definition) is 4. The van der Waals surface area contributed by atoms with Gasteiger partial charge in [0.15, 0.2) is 0 Å². The quantitative estimate of drug-likeness (QED) is 0.590. The summed E-state index contributed by atoms with van der Waals surface area (Å²) >= 11 is 0. The minimum atomic E-state index is -0.846. The van der Waals surface area contributed by atoms with Crippen LogP contribution in [0.2, 0.25) is 0 Å². The van der Waals surface area contributed by atoms with Gasteiger partial charge in [-0.25, -0.2) is 9.78 Å². The minimum absolute atomic E-state index is 0.0464. The molecular formula is C26H29N3O4. The summed E-state index contributed by atoms with van der Waals surface area (Å²) < 4.78 is 7.31. The third kappa shape index (κ3) is 3.65. The number of hydrogen-bond donors (Lipinski definition) is 1. The van der Waals surface area contributed by atoms with Gasteiger partial charge in [0.2, 0.25) is 0 Å². The molecule has 5 rings (SSSR count). The number of rotatable bonds is 5. The van der Waals surface area contributed by atoms with Crippen LogP contribution in [0.3, 0.4) is 0 Å². The van der Waals surface area contributed by atoms with Crippen LogP contribution in [-0.2, 0) is 22.4 Å². The van der Waals surface area contributed by atoms with Crippen molar-refractivity contribution in [2.45, 2.75) is 63.5 Å². The van der Waals surface area contributed by atoms with Crippen LogP contribution in [0.1, 0.15) is 61.5 Å². The van der Waals surface area contributed by atoms with E-state index in [1.54, 1.807) is 4.90 Å². The molecule has 1 aliphatic heterocycles. The van der Waals surface area contributed by atoms with Gasteiger partial charge in [0.25, 0.3) is 0 Å². The summed E-state index contributed by atoms with van der Waals surface area (Å²) in [5.74, 6) is -0.701. The molecule has 1 aliphatic carbocycles. The van der Waals surface area contributed by atoms with Gasteiger partial charge in [-0.3, -0.25) is 9.69 Å². The van der Waals surface area contributed by atoms with Gasteiger partial charge >= 0.3 is 12.1 Å². The van der Waals surface area contributed by atoms with E-state index in [1.165, 1.54) is 13.5 Å². The van der Waals surface area contributed by atoms with E-state index in [2.05, 4.69) is 4.57 Å². The second kappa shape index (κ2) is 8.54. The average molecular weight is 448 g/mol. The highest BCUT2D eigenvalue weighted by Crippen LogP contribution is 2.41. The topological polar surface area (TPSA) is 84.7 Å². The number of methoxy groups -OCH3 is 1. The number of anilines is 1. The summed E-state index contributed by atoms with van der Waals surface area (Å²) in [6.45, 7) is 2.03. The number of carbonyl (C=O) groups is 2. The Morgan fingerprint density at radius 2 is 1.91 bits per heavy atom. The lowest BCUT2D eigenvalue weighted by molar-refractivity contribution is -0.138. The molecule has 0 bridgehead atoms. The zero-order valence-corrected chi connectivity index (χ0v) is 19.0. The maximum atomic E-state index is 12.5.